The van der Waals surface area contributed by atoms with Crippen molar-refractivity contribution in [1.29, 1.82) is 0 Å². The minimum atomic E-state index is -1.08. The summed E-state index contributed by atoms with van der Waals surface area (Å²) in [7, 11) is 1.58. The van der Waals surface area contributed by atoms with E-state index in [0.29, 0.717) is 49.3 Å². The van der Waals surface area contributed by atoms with Crippen LogP contribution in [0.4, 0.5) is 5.69 Å². The summed E-state index contributed by atoms with van der Waals surface area (Å²) in [5, 5.41) is 12.6. The van der Waals surface area contributed by atoms with Gasteiger partial charge < -0.3 is 29.4 Å². The topological polar surface area (TPSA) is 86.3 Å². The van der Waals surface area contributed by atoms with Gasteiger partial charge in [-0.3, -0.25) is 0 Å². The van der Waals surface area contributed by atoms with E-state index in [1.807, 2.05) is 30.3 Å². The second-order valence-corrected chi connectivity index (χ2v) is 8.49. The number of halogens is 2. The maximum Gasteiger partial charge on any atom is 0.337 e. The first-order chi connectivity index (χ1) is 15.9. The molecule has 0 radical (unpaired) electrons. The molecule has 2 N–H and O–H groups in total. The third kappa shape index (κ3) is 5.46. The molecule has 0 saturated carbocycles. The number of anilines is 1. The molecule has 0 unspecified atom stereocenters. The summed E-state index contributed by atoms with van der Waals surface area (Å²) < 4.78 is 23.5. The van der Waals surface area contributed by atoms with Gasteiger partial charge in [0.2, 0.25) is 0 Å². The number of fused-ring (bicyclic) bond motifs is 1. The van der Waals surface area contributed by atoms with Gasteiger partial charge in [-0.15, -0.1) is 0 Å². The van der Waals surface area contributed by atoms with Crippen molar-refractivity contribution in [3.8, 4) is 23.0 Å². The number of nitrogens with one attached hydrogen (secondary N) is 1. The number of carboxylic acids is 1. The van der Waals surface area contributed by atoms with E-state index in [-0.39, 0.29) is 10.6 Å². The van der Waals surface area contributed by atoms with Crippen LogP contribution >= 0.6 is 27.5 Å². The molecule has 33 heavy (non-hydrogen) atoms. The van der Waals surface area contributed by atoms with Gasteiger partial charge in [-0.1, -0.05) is 17.7 Å². The number of carboxylic acid groups (broad SMARTS) is 1. The molecule has 0 amide bonds. The minimum absolute atomic E-state index is 0.0447. The summed E-state index contributed by atoms with van der Waals surface area (Å²) in [6.07, 6.45) is 0. The Bertz CT molecular complexity index is 1190. The van der Waals surface area contributed by atoms with Gasteiger partial charge >= 0.3 is 5.97 Å². The van der Waals surface area contributed by atoms with Crippen molar-refractivity contribution in [2.45, 2.75) is 13.2 Å². The SMILES string of the molecule is COc1cc(CNc2ccc(Cl)c(C(=O)O)c2)cc(Br)c1OCc1ccc2c(c1)OCCO2. The summed E-state index contributed by atoms with van der Waals surface area (Å²) in [5.41, 5.74) is 2.54. The van der Waals surface area contributed by atoms with E-state index < -0.39 is 5.97 Å². The second-order valence-electron chi connectivity index (χ2n) is 7.23. The quantitative estimate of drug-likeness (QED) is 0.379. The summed E-state index contributed by atoms with van der Waals surface area (Å²) in [6.45, 7) is 1.84. The van der Waals surface area contributed by atoms with Crippen molar-refractivity contribution < 1.29 is 28.8 Å². The van der Waals surface area contributed by atoms with E-state index in [9.17, 15) is 9.90 Å². The zero-order chi connectivity index (χ0) is 23.4. The van der Waals surface area contributed by atoms with E-state index in [2.05, 4.69) is 21.2 Å². The largest absolute Gasteiger partial charge is 0.493 e. The van der Waals surface area contributed by atoms with Crippen LogP contribution in [-0.4, -0.2) is 31.4 Å². The predicted molar refractivity (Wildman–Crippen MR) is 128 cm³/mol. The van der Waals surface area contributed by atoms with Gasteiger partial charge in [0.1, 0.15) is 19.8 Å². The lowest BCUT2D eigenvalue weighted by atomic mass is 10.1. The molecule has 9 heteroatoms. The molecule has 172 valence electrons. The van der Waals surface area contributed by atoms with Crippen LogP contribution in [0.3, 0.4) is 0 Å². The van der Waals surface area contributed by atoms with Crippen molar-refractivity contribution >= 4 is 39.2 Å². The summed E-state index contributed by atoms with van der Waals surface area (Å²) in [5.74, 6) is 1.52. The number of ether oxygens (including phenoxy) is 4. The van der Waals surface area contributed by atoms with Gasteiger partial charge in [0.15, 0.2) is 23.0 Å². The lowest BCUT2D eigenvalue weighted by Gasteiger charge is -2.19. The summed E-state index contributed by atoms with van der Waals surface area (Å²) in [6, 6.07) is 14.3. The second kappa shape index (κ2) is 10.2. The Balaban J connectivity index is 1.45. The molecule has 0 spiro atoms. The average Bonchev–Trinajstić information content (AvgIpc) is 2.82. The van der Waals surface area contributed by atoms with E-state index in [0.717, 1.165) is 21.3 Å². The highest BCUT2D eigenvalue weighted by Gasteiger charge is 2.15. The van der Waals surface area contributed by atoms with Crippen molar-refractivity contribution in [2.24, 2.45) is 0 Å². The Morgan fingerprint density at radius 2 is 1.88 bits per heavy atom. The Labute approximate surface area is 204 Å². The molecule has 0 aromatic heterocycles. The Kier molecular flexibility index (Phi) is 7.15. The van der Waals surface area contributed by atoms with Crippen LogP contribution in [-0.2, 0) is 13.2 Å². The standard InChI is InChI=1S/C24H21BrClNO6/c1-30-22-10-15(12-27-16-3-4-19(26)17(11-16)24(28)29)8-18(25)23(22)33-13-14-2-5-20-21(9-14)32-7-6-31-20/h2-5,8-11,27H,6-7,12-13H2,1H3,(H,28,29). The number of hydrogen-bond acceptors (Lipinski definition) is 6. The zero-order valence-corrected chi connectivity index (χ0v) is 20.0. The Morgan fingerprint density at radius 3 is 2.64 bits per heavy atom. The third-order valence-corrected chi connectivity index (χ3v) is 5.89. The van der Waals surface area contributed by atoms with Crippen LogP contribution in [0.5, 0.6) is 23.0 Å². The van der Waals surface area contributed by atoms with Gasteiger partial charge in [-0.2, -0.15) is 0 Å². The molecule has 1 heterocycles. The number of methoxy groups -OCH3 is 1. The van der Waals surface area contributed by atoms with Crippen LogP contribution in [0.2, 0.25) is 5.02 Å². The molecular formula is C24H21BrClNO6. The van der Waals surface area contributed by atoms with Crippen LogP contribution in [0.25, 0.3) is 0 Å². The van der Waals surface area contributed by atoms with E-state index >= 15 is 0 Å². The first kappa shape index (κ1) is 23.1. The Morgan fingerprint density at radius 1 is 1.09 bits per heavy atom. The highest BCUT2D eigenvalue weighted by atomic mass is 79.9. The van der Waals surface area contributed by atoms with Crippen molar-refractivity contribution in [2.75, 3.05) is 25.6 Å². The molecule has 1 aliphatic heterocycles. The van der Waals surface area contributed by atoms with E-state index in [1.54, 1.807) is 19.2 Å². The van der Waals surface area contributed by atoms with Crippen molar-refractivity contribution in [3.05, 3.63) is 74.7 Å². The van der Waals surface area contributed by atoms with Crippen LogP contribution in [0, 0.1) is 0 Å². The molecule has 7 nitrogen and oxygen atoms in total. The van der Waals surface area contributed by atoms with Gasteiger partial charge in [0.05, 0.1) is 22.2 Å². The highest BCUT2D eigenvalue weighted by molar-refractivity contribution is 9.10. The molecule has 0 bridgehead atoms. The highest BCUT2D eigenvalue weighted by Crippen LogP contribution is 2.38. The lowest BCUT2D eigenvalue weighted by Crippen LogP contribution is -2.15. The summed E-state index contributed by atoms with van der Waals surface area (Å²) in [4.78, 5) is 11.3. The number of rotatable bonds is 8. The van der Waals surface area contributed by atoms with Gasteiger partial charge in [-0.05, 0) is 69.5 Å². The number of aromatic carboxylic acids is 1. The molecular weight excluding hydrogens is 514 g/mol. The third-order valence-electron chi connectivity index (χ3n) is 4.97. The lowest BCUT2D eigenvalue weighted by molar-refractivity contribution is 0.0697. The van der Waals surface area contributed by atoms with Gasteiger partial charge in [0, 0.05) is 12.2 Å². The average molecular weight is 535 g/mol. The molecule has 3 aromatic carbocycles. The monoisotopic (exact) mass is 533 g/mol. The fourth-order valence-corrected chi connectivity index (χ4v) is 4.15. The fraction of sp³-hybridized carbons (Fsp3) is 0.208. The molecule has 1 aliphatic rings. The van der Waals surface area contributed by atoms with Crippen LogP contribution < -0.4 is 24.3 Å². The van der Waals surface area contributed by atoms with Crippen molar-refractivity contribution in [1.82, 2.24) is 0 Å². The number of benzene rings is 3. The maximum absolute atomic E-state index is 11.3. The first-order valence-corrected chi connectivity index (χ1v) is 11.3. The smallest absolute Gasteiger partial charge is 0.337 e. The van der Waals surface area contributed by atoms with Crippen LogP contribution in [0.15, 0.2) is 53.0 Å². The maximum atomic E-state index is 11.3. The first-order valence-electron chi connectivity index (χ1n) is 10.1. The fourth-order valence-electron chi connectivity index (χ4n) is 3.35. The van der Waals surface area contributed by atoms with Gasteiger partial charge in [-0.25, -0.2) is 4.79 Å². The van der Waals surface area contributed by atoms with E-state index in [4.69, 9.17) is 30.5 Å². The molecule has 0 atom stereocenters. The molecule has 0 saturated heterocycles. The Hall–Kier alpha value is -3.10. The zero-order valence-electron chi connectivity index (χ0n) is 17.7. The minimum Gasteiger partial charge on any atom is -0.493 e. The molecule has 3 aromatic rings. The normalized spacial score (nSPS) is 12.2. The predicted octanol–water partition coefficient (Wildman–Crippen LogP) is 5.77. The molecule has 4 rings (SSSR count). The molecule has 0 fully saturated rings. The number of hydrogen-bond donors (Lipinski definition) is 2. The number of carbonyl (C=O) groups is 1. The van der Waals surface area contributed by atoms with Gasteiger partial charge in [0.25, 0.3) is 0 Å². The van der Waals surface area contributed by atoms with Crippen LogP contribution in [0.1, 0.15) is 21.5 Å². The summed E-state index contributed by atoms with van der Waals surface area (Å²) >= 11 is 9.50. The van der Waals surface area contributed by atoms with Crippen molar-refractivity contribution in [3.63, 3.8) is 0 Å². The van der Waals surface area contributed by atoms with E-state index in [1.165, 1.54) is 6.07 Å². The molecule has 0 aliphatic carbocycles.